The van der Waals surface area contributed by atoms with Crippen molar-refractivity contribution in [3.05, 3.63) is 0 Å². The Labute approximate surface area is 87.0 Å². The van der Waals surface area contributed by atoms with Gasteiger partial charge in [0, 0.05) is 6.92 Å². The highest BCUT2D eigenvalue weighted by Crippen LogP contribution is 2.34. The monoisotopic (exact) mass is 198 g/mol. The molecule has 0 aromatic heterocycles. The molecule has 0 radical (unpaired) electrons. The van der Waals surface area contributed by atoms with Gasteiger partial charge < -0.3 is 4.74 Å². The Bertz CT molecular complexity index is 198. The second kappa shape index (κ2) is 4.81. The summed E-state index contributed by atoms with van der Waals surface area (Å²) in [6.45, 7) is 8.20. The minimum Gasteiger partial charge on any atom is -0.462 e. The zero-order valence-electron chi connectivity index (χ0n) is 9.75. The van der Waals surface area contributed by atoms with Crippen molar-refractivity contribution in [3.63, 3.8) is 0 Å². The van der Waals surface area contributed by atoms with Gasteiger partial charge in [-0.2, -0.15) is 0 Å². The van der Waals surface area contributed by atoms with E-state index < -0.39 is 0 Å². The number of esters is 1. The van der Waals surface area contributed by atoms with E-state index in [2.05, 4.69) is 20.8 Å². The van der Waals surface area contributed by atoms with Crippen LogP contribution in [0.15, 0.2) is 0 Å². The van der Waals surface area contributed by atoms with Crippen molar-refractivity contribution in [3.8, 4) is 0 Å². The molecule has 0 aromatic carbocycles. The average molecular weight is 198 g/mol. The smallest absolute Gasteiger partial charge is 0.302 e. The van der Waals surface area contributed by atoms with Crippen molar-refractivity contribution in [2.24, 2.45) is 17.8 Å². The molecular formula is C12H22O2. The fourth-order valence-corrected chi connectivity index (χ4v) is 2.29. The molecule has 0 bridgehead atoms. The van der Waals surface area contributed by atoms with E-state index >= 15 is 0 Å². The molecule has 2 heteroatoms. The van der Waals surface area contributed by atoms with E-state index in [0.29, 0.717) is 11.8 Å². The minimum atomic E-state index is -0.133. The first-order valence-electron chi connectivity index (χ1n) is 5.68. The predicted molar refractivity (Wildman–Crippen MR) is 56.9 cm³/mol. The van der Waals surface area contributed by atoms with Crippen LogP contribution < -0.4 is 0 Å². The summed E-state index contributed by atoms with van der Waals surface area (Å²) in [5.41, 5.74) is 0. The van der Waals surface area contributed by atoms with Crippen molar-refractivity contribution < 1.29 is 9.53 Å². The SMILES string of the molecule is CC(=O)O[C@H]1C[C@H](C(C)C)CC[C@H]1C. The Morgan fingerprint density at radius 3 is 2.50 bits per heavy atom. The van der Waals surface area contributed by atoms with Gasteiger partial charge in [0.2, 0.25) is 0 Å². The number of hydrogen-bond acceptors (Lipinski definition) is 2. The number of carbonyl (C=O) groups is 1. The Hall–Kier alpha value is -0.530. The Kier molecular flexibility index (Phi) is 3.97. The third-order valence-electron chi connectivity index (χ3n) is 3.42. The topological polar surface area (TPSA) is 26.3 Å². The van der Waals surface area contributed by atoms with Crippen molar-refractivity contribution >= 4 is 5.97 Å². The highest BCUT2D eigenvalue weighted by molar-refractivity contribution is 5.66. The summed E-state index contributed by atoms with van der Waals surface area (Å²) >= 11 is 0. The molecule has 0 spiro atoms. The van der Waals surface area contributed by atoms with Crippen LogP contribution in [0.25, 0.3) is 0 Å². The molecule has 1 aliphatic rings. The summed E-state index contributed by atoms with van der Waals surface area (Å²) in [7, 11) is 0. The van der Waals surface area contributed by atoms with Gasteiger partial charge in [-0.15, -0.1) is 0 Å². The molecule has 1 saturated carbocycles. The summed E-state index contributed by atoms with van der Waals surface area (Å²) < 4.78 is 5.34. The lowest BCUT2D eigenvalue weighted by Crippen LogP contribution is -2.33. The molecule has 0 heterocycles. The van der Waals surface area contributed by atoms with E-state index in [-0.39, 0.29) is 12.1 Å². The largest absolute Gasteiger partial charge is 0.462 e. The van der Waals surface area contributed by atoms with Crippen LogP contribution in [-0.4, -0.2) is 12.1 Å². The third-order valence-corrected chi connectivity index (χ3v) is 3.42. The van der Waals surface area contributed by atoms with Gasteiger partial charge in [0.05, 0.1) is 0 Å². The van der Waals surface area contributed by atoms with E-state index in [1.807, 2.05) is 0 Å². The van der Waals surface area contributed by atoms with Gasteiger partial charge >= 0.3 is 5.97 Å². The molecule has 14 heavy (non-hydrogen) atoms. The standard InChI is InChI=1S/C12H22O2/c1-8(2)11-6-5-9(3)12(7-11)14-10(4)13/h8-9,11-12H,5-7H2,1-4H3/t9-,11-,12+/m1/s1. The van der Waals surface area contributed by atoms with Crippen LogP contribution in [0.3, 0.4) is 0 Å². The molecule has 0 N–H and O–H groups in total. The summed E-state index contributed by atoms with van der Waals surface area (Å²) in [4.78, 5) is 10.9. The van der Waals surface area contributed by atoms with Crippen molar-refractivity contribution in [2.45, 2.75) is 53.1 Å². The second-order valence-corrected chi connectivity index (χ2v) is 4.94. The van der Waals surface area contributed by atoms with Crippen molar-refractivity contribution in [1.82, 2.24) is 0 Å². The van der Waals surface area contributed by atoms with Gasteiger partial charge in [0.25, 0.3) is 0 Å². The van der Waals surface area contributed by atoms with E-state index in [1.54, 1.807) is 0 Å². The van der Waals surface area contributed by atoms with Gasteiger partial charge in [-0.3, -0.25) is 4.79 Å². The fourth-order valence-electron chi connectivity index (χ4n) is 2.29. The summed E-state index contributed by atoms with van der Waals surface area (Å²) in [5, 5.41) is 0. The summed E-state index contributed by atoms with van der Waals surface area (Å²) in [6.07, 6.45) is 3.70. The molecule has 3 atom stereocenters. The molecule has 0 aliphatic heterocycles. The molecule has 0 saturated heterocycles. The van der Waals surface area contributed by atoms with Gasteiger partial charge in [0.15, 0.2) is 0 Å². The third kappa shape index (κ3) is 3.00. The highest BCUT2D eigenvalue weighted by atomic mass is 16.5. The van der Waals surface area contributed by atoms with Crippen LogP contribution in [0, 0.1) is 17.8 Å². The molecule has 1 rings (SSSR count). The molecule has 2 nitrogen and oxygen atoms in total. The maximum absolute atomic E-state index is 10.9. The van der Waals surface area contributed by atoms with Crippen LogP contribution in [0.4, 0.5) is 0 Å². The fraction of sp³-hybridized carbons (Fsp3) is 0.917. The minimum absolute atomic E-state index is 0.133. The normalized spacial score (nSPS) is 33.1. The maximum atomic E-state index is 10.9. The zero-order chi connectivity index (χ0) is 10.7. The van der Waals surface area contributed by atoms with Gasteiger partial charge in [-0.25, -0.2) is 0 Å². The molecule has 0 aromatic rings. The van der Waals surface area contributed by atoms with E-state index in [9.17, 15) is 4.79 Å². The van der Waals surface area contributed by atoms with Crippen LogP contribution in [0.2, 0.25) is 0 Å². The van der Waals surface area contributed by atoms with E-state index in [1.165, 1.54) is 19.8 Å². The number of rotatable bonds is 2. The van der Waals surface area contributed by atoms with E-state index in [4.69, 9.17) is 4.74 Å². The summed E-state index contributed by atoms with van der Waals surface area (Å²) in [5.74, 6) is 1.84. The first kappa shape index (κ1) is 11.5. The van der Waals surface area contributed by atoms with Gasteiger partial charge in [-0.1, -0.05) is 20.8 Å². The average Bonchev–Trinajstić information content (AvgIpc) is 2.07. The van der Waals surface area contributed by atoms with Gasteiger partial charge in [0.1, 0.15) is 6.10 Å². The lowest BCUT2D eigenvalue weighted by Gasteiger charge is -2.35. The second-order valence-electron chi connectivity index (χ2n) is 4.94. The quantitative estimate of drug-likeness (QED) is 0.637. The Morgan fingerprint density at radius 2 is 2.00 bits per heavy atom. The Morgan fingerprint density at radius 1 is 1.36 bits per heavy atom. The van der Waals surface area contributed by atoms with Crippen LogP contribution in [0.1, 0.15) is 47.0 Å². The zero-order valence-corrected chi connectivity index (χ0v) is 9.75. The van der Waals surface area contributed by atoms with E-state index in [0.717, 1.165) is 12.3 Å². The van der Waals surface area contributed by atoms with Crippen molar-refractivity contribution in [2.75, 3.05) is 0 Å². The molecule has 0 unspecified atom stereocenters. The predicted octanol–water partition coefficient (Wildman–Crippen LogP) is 3.01. The lowest BCUT2D eigenvalue weighted by atomic mass is 9.76. The van der Waals surface area contributed by atoms with Crippen LogP contribution >= 0.6 is 0 Å². The number of ether oxygens (including phenoxy) is 1. The highest BCUT2D eigenvalue weighted by Gasteiger charge is 2.30. The number of carbonyl (C=O) groups excluding carboxylic acids is 1. The molecule has 0 amide bonds. The van der Waals surface area contributed by atoms with Crippen molar-refractivity contribution in [1.29, 1.82) is 0 Å². The molecule has 82 valence electrons. The van der Waals surface area contributed by atoms with Crippen LogP contribution in [0.5, 0.6) is 0 Å². The maximum Gasteiger partial charge on any atom is 0.302 e. The Balaban J connectivity index is 2.50. The van der Waals surface area contributed by atoms with Crippen LogP contribution in [-0.2, 0) is 9.53 Å². The summed E-state index contributed by atoms with van der Waals surface area (Å²) in [6, 6.07) is 0. The number of hydrogen-bond donors (Lipinski definition) is 0. The van der Waals surface area contributed by atoms with Gasteiger partial charge in [-0.05, 0) is 37.0 Å². The molecular weight excluding hydrogens is 176 g/mol. The first-order valence-corrected chi connectivity index (χ1v) is 5.68. The molecule has 1 fully saturated rings. The molecule has 1 aliphatic carbocycles. The first-order chi connectivity index (χ1) is 6.50. The lowest BCUT2D eigenvalue weighted by molar-refractivity contribution is -0.151.